The Balaban J connectivity index is 1.81. The number of thiazole rings is 1. The van der Waals surface area contributed by atoms with Crippen molar-refractivity contribution < 1.29 is 14.3 Å². The maximum Gasteiger partial charge on any atom is 0.323 e. The van der Waals surface area contributed by atoms with Crippen LogP contribution in [0.1, 0.15) is 23.5 Å². The molecule has 0 N–H and O–H groups in total. The second kappa shape index (κ2) is 8.55. The van der Waals surface area contributed by atoms with E-state index in [1.54, 1.807) is 35.9 Å². The molecule has 0 fully saturated rings. The third kappa shape index (κ3) is 4.43. The lowest BCUT2D eigenvalue weighted by atomic mass is 10.1. The van der Waals surface area contributed by atoms with E-state index < -0.39 is 11.9 Å². The van der Waals surface area contributed by atoms with Gasteiger partial charge in [-0.25, -0.2) is 4.98 Å². The number of ether oxygens (including phenoxy) is 1. The minimum absolute atomic E-state index is 0.00691. The Hall–Kier alpha value is -1.68. The van der Waals surface area contributed by atoms with E-state index in [2.05, 4.69) is 15.2 Å². The summed E-state index contributed by atoms with van der Waals surface area (Å²) in [4.78, 5) is 29.3. The SMILES string of the molecule is CCOC(=O)[C@@H](C(=O)CSc1nnc2c(Cl)cc(Cl)cn12)c1nc(C)cs1. The number of carbonyl (C=O) groups is 2. The number of aromatic nitrogens is 4. The summed E-state index contributed by atoms with van der Waals surface area (Å²) in [5.41, 5.74) is 1.19. The van der Waals surface area contributed by atoms with Crippen LogP contribution in [0.5, 0.6) is 0 Å². The molecule has 142 valence electrons. The van der Waals surface area contributed by atoms with Gasteiger partial charge in [-0.15, -0.1) is 21.5 Å². The third-order valence-electron chi connectivity index (χ3n) is 3.47. The van der Waals surface area contributed by atoms with Gasteiger partial charge in [0, 0.05) is 17.3 Å². The van der Waals surface area contributed by atoms with Gasteiger partial charge in [0.2, 0.25) is 0 Å². The van der Waals surface area contributed by atoms with Gasteiger partial charge in [0.05, 0.1) is 22.4 Å². The fourth-order valence-corrected chi connectivity index (χ4v) is 4.55. The molecule has 3 aromatic rings. The van der Waals surface area contributed by atoms with Crippen LogP contribution in [0.25, 0.3) is 5.65 Å². The normalized spacial score (nSPS) is 12.3. The molecule has 0 aliphatic carbocycles. The summed E-state index contributed by atoms with van der Waals surface area (Å²) >= 11 is 14.5. The Morgan fingerprint density at radius 3 is 2.81 bits per heavy atom. The van der Waals surface area contributed by atoms with Crippen molar-refractivity contribution in [2.45, 2.75) is 24.9 Å². The molecule has 27 heavy (non-hydrogen) atoms. The van der Waals surface area contributed by atoms with E-state index in [9.17, 15) is 9.59 Å². The number of aryl methyl sites for hydroxylation is 1. The zero-order valence-corrected chi connectivity index (χ0v) is 17.5. The molecule has 3 rings (SSSR count). The number of fused-ring (bicyclic) bond motifs is 1. The van der Waals surface area contributed by atoms with Crippen molar-refractivity contribution in [2.24, 2.45) is 0 Å². The highest BCUT2D eigenvalue weighted by atomic mass is 35.5. The minimum Gasteiger partial charge on any atom is -0.465 e. The summed E-state index contributed by atoms with van der Waals surface area (Å²) < 4.78 is 6.66. The Morgan fingerprint density at radius 2 is 2.15 bits per heavy atom. The number of carbonyl (C=O) groups excluding carboxylic acids is 2. The van der Waals surface area contributed by atoms with Crippen molar-refractivity contribution in [1.82, 2.24) is 19.6 Å². The van der Waals surface area contributed by atoms with E-state index in [-0.39, 0.29) is 18.1 Å². The quantitative estimate of drug-likeness (QED) is 0.311. The largest absolute Gasteiger partial charge is 0.465 e. The number of hydrogen-bond acceptors (Lipinski definition) is 8. The highest BCUT2D eigenvalue weighted by Crippen LogP contribution is 2.28. The van der Waals surface area contributed by atoms with E-state index in [1.807, 2.05) is 0 Å². The lowest BCUT2D eigenvalue weighted by Gasteiger charge is -2.11. The van der Waals surface area contributed by atoms with E-state index in [0.717, 1.165) is 17.5 Å². The van der Waals surface area contributed by atoms with Gasteiger partial charge in [-0.3, -0.25) is 14.0 Å². The Morgan fingerprint density at radius 1 is 1.37 bits per heavy atom. The first-order chi connectivity index (χ1) is 12.9. The smallest absolute Gasteiger partial charge is 0.323 e. The van der Waals surface area contributed by atoms with Crippen molar-refractivity contribution >= 4 is 63.7 Å². The monoisotopic (exact) mass is 444 g/mol. The zero-order valence-electron chi connectivity index (χ0n) is 14.3. The topological polar surface area (TPSA) is 86.5 Å². The number of pyridine rings is 1. The molecule has 0 bridgehead atoms. The molecular weight excluding hydrogens is 431 g/mol. The van der Waals surface area contributed by atoms with E-state index in [1.165, 1.54) is 11.3 Å². The molecule has 0 unspecified atom stereocenters. The molecule has 0 amide bonds. The van der Waals surface area contributed by atoms with Crippen LogP contribution in [0.3, 0.4) is 0 Å². The van der Waals surface area contributed by atoms with Crippen molar-refractivity contribution in [3.05, 3.63) is 38.4 Å². The maximum atomic E-state index is 12.8. The lowest BCUT2D eigenvalue weighted by Crippen LogP contribution is -2.25. The average Bonchev–Trinajstić information content (AvgIpc) is 3.20. The first-order valence-electron chi connectivity index (χ1n) is 7.84. The standard InChI is InChI=1S/C16H14Cl2N4O3S2/c1-3-25-15(24)12(14-19-8(2)6-26-14)11(23)7-27-16-21-20-13-10(18)4-9(17)5-22(13)16/h4-6,12H,3,7H2,1-2H3/t12-/m0/s1. The minimum atomic E-state index is -1.05. The third-order valence-corrected chi connectivity index (χ3v) is 5.94. The Kier molecular flexibility index (Phi) is 6.36. The molecule has 0 aromatic carbocycles. The van der Waals surface area contributed by atoms with Crippen LogP contribution in [0.2, 0.25) is 10.0 Å². The molecule has 3 aromatic heterocycles. The zero-order chi connectivity index (χ0) is 19.6. The summed E-state index contributed by atoms with van der Waals surface area (Å²) in [6.07, 6.45) is 1.61. The summed E-state index contributed by atoms with van der Waals surface area (Å²) in [6, 6.07) is 1.56. The van der Waals surface area contributed by atoms with Crippen LogP contribution in [0.15, 0.2) is 22.8 Å². The van der Waals surface area contributed by atoms with Gasteiger partial charge in [-0.2, -0.15) is 0 Å². The molecule has 7 nitrogen and oxygen atoms in total. The summed E-state index contributed by atoms with van der Waals surface area (Å²) in [5, 5.41) is 11.5. The molecule has 0 radical (unpaired) electrons. The molecule has 1 atom stereocenters. The van der Waals surface area contributed by atoms with Crippen LogP contribution in [-0.4, -0.2) is 43.7 Å². The summed E-state index contributed by atoms with van der Waals surface area (Å²) in [7, 11) is 0. The molecule has 0 aliphatic heterocycles. The Labute approximate surface area is 173 Å². The van der Waals surface area contributed by atoms with Gasteiger partial charge in [-0.05, 0) is 19.9 Å². The predicted octanol–water partition coefficient (Wildman–Crippen LogP) is 3.81. The van der Waals surface area contributed by atoms with Crippen LogP contribution in [-0.2, 0) is 14.3 Å². The van der Waals surface area contributed by atoms with Crippen molar-refractivity contribution in [3.8, 4) is 0 Å². The number of esters is 1. The first-order valence-corrected chi connectivity index (χ1v) is 10.5. The first kappa shape index (κ1) is 20.1. The second-order valence-corrected chi connectivity index (χ2v) is 8.13. The number of Topliss-reactive ketones (excluding diaryl/α,β-unsaturated/α-hetero) is 1. The van der Waals surface area contributed by atoms with Gasteiger partial charge in [-0.1, -0.05) is 35.0 Å². The molecule has 0 saturated carbocycles. The van der Waals surface area contributed by atoms with Crippen molar-refractivity contribution in [3.63, 3.8) is 0 Å². The average molecular weight is 445 g/mol. The van der Waals surface area contributed by atoms with Crippen LogP contribution >= 0.6 is 46.3 Å². The number of thioether (sulfide) groups is 1. The molecule has 11 heteroatoms. The maximum absolute atomic E-state index is 12.8. The fourth-order valence-electron chi connectivity index (χ4n) is 2.32. The van der Waals surface area contributed by atoms with E-state index in [0.29, 0.717) is 25.9 Å². The van der Waals surface area contributed by atoms with Crippen molar-refractivity contribution in [2.75, 3.05) is 12.4 Å². The predicted molar refractivity (Wildman–Crippen MR) is 105 cm³/mol. The van der Waals surface area contributed by atoms with Crippen molar-refractivity contribution in [1.29, 1.82) is 0 Å². The van der Waals surface area contributed by atoms with Gasteiger partial charge in [0.1, 0.15) is 5.01 Å². The summed E-state index contributed by atoms with van der Waals surface area (Å²) in [5.74, 6) is -1.98. The molecule has 0 saturated heterocycles. The molecule has 3 heterocycles. The van der Waals surface area contributed by atoms with Gasteiger partial charge in [0.25, 0.3) is 0 Å². The lowest BCUT2D eigenvalue weighted by molar-refractivity contribution is -0.147. The fraction of sp³-hybridized carbons (Fsp3) is 0.312. The Bertz CT molecular complexity index is 1000. The highest BCUT2D eigenvalue weighted by Gasteiger charge is 2.32. The van der Waals surface area contributed by atoms with E-state index in [4.69, 9.17) is 27.9 Å². The number of hydrogen-bond donors (Lipinski definition) is 0. The van der Waals surface area contributed by atoms with Crippen LogP contribution < -0.4 is 0 Å². The van der Waals surface area contributed by atoms with Gasteiger partial charge in [0.15, 0.2) is 22.5 Å². The number of halogens is 2. The summed E-state index contributed by atoms with van der Waals surface area (Å²) in [6.45, 7) is 3.68. The van der Waals surface area contributed by atoms with Gasteiger partial charge < -0.3 is 4.74 Å². The number of nitrogens with zero attached hydrogens (tertiary/aromatic N) is 4. The second-order valence-electron chi connectivity index (χ2n) is 5.45. The molecule has 0 spiro atoms. The molecular formula is C16H14Cl2N4O3S2. The molecule has 0 aliphatic rings. The number of ketones is 1. The number of rotatable bonds is 7. The van der Waals surface area contributed by atoms with Crippen LogP contribution in [0, 0.1) is 6.92 Å². The van der Waals surface area contributed by atoms with E-state index >= 15 is 0 Å². The highest BCUT2D eigenvalue weighted by molar-refractivity contribution is 7.99. The van der Waals surface area contributed by atoms with Crippen LogP contribution in [0.4, 0.5) is 0 Å². The van der Waals surface area contributed by atoms with Gasteiger partial charge >= 0.3 is 5.97 Å².